The smallest absolute Gasteiger partial charge is 0.321 e. The number of benzene rings is 3. The van der Waals surface area contributed by atoms with Crippen LogP contribution >= 0.6 is 11.8 Å². The number of fused-ring (bicyclic) bond motifs is 1. The van der Waals surface area contributed by atoms with Gasteiger partial charge in [-0.2, -0.15) is 0 Å². The van der Waals surface area contributed by atoms with Gasteiger partial charge in [0.05, 0.1) is 10.6 Å². The molecule has 3 aromatic carbocycles. The molecule has 2 heterocycles. The number of anilines is 1. The number of rotatable bonds is 4. The highest BCUT2D eigenvalue weighted by Crippen LogP contribution is 2.44. The van der Waals surface area contributed by atoms with Gasteiger partial charge in [0.25, 0.3) is 5.91 Å². The fourth-order valence-electron chi connectivity index (χ4n) is 4.70. The highest BCUT2D eigenvalue weighted by atomic mass is 32.2. The van der Waals surface area contributed by atoms with E-state index in [0.29, 0.717) is 18.8 Å². The second-order valence-electron chi connectivity index (χ2n) is 8.39. The minimum atomic E-state index is -0.243. The molecule has 0 bridgehead atoms. The van der Waals surface area contributed by atoms with Crippen molar-refractivity contribution in [1.82, 2.24) is 9.80 Å². The lowest BCUT2D eigenvalue weighted by molar-refractivity contribution is -0.136. The zero-order valence-corrected chi connectivity index (χ0v) is 19.2. The average molecular weight is 462 g/mol. The Bertz CT molecular complexity index is 1140. The summed E-state index contributed by atoms with van der Waals surface area (Å²) in [5.74, 6) is 1.63. The topological polar surface area (TPSA) is 61.9 Å². The molecular formula is C26H27N3O3S. The van der Waals surface area contributed by atoms with Crippen molar-refractivity contribution in [2.24, 2.45) is 0 Å². The number of para-hydroxylation sites is 1. The number of amides is 3. The van der Waals surface area contributed by atoms with Gasteiger partial charge in [0.1, 0.15) is 5.75 Å². The monoisotopic (exact) mass is 461 g/mol. The zero-order chi connectivity index (χ0) is 22.7. The third-order valence-corrected chi connectivity index (χ3v) is 8.00. The van der Waals surface area contributed by atoms with Gasteiger partial charge in [-0.25, -0.2) is 4.79 Å². The third kappa shape index (κ3) is 4.50. The van der Waals surface area contributed by atoms with E-state index in [2.05, 4.69) is 5.32 Å². The Balaban J connectivity index is 1.20. The van der Waals surface area contributed by atoms with E-state index >= 15 is 0 Å². The Morgan fingerprint density at radius 1 is 0.909 bits per heavy atom. The molecule has 7 heteroatoms. The van der Waals surface area contributed by atoms with Gasteiger partial charge in [-0.15, -0.1) is 11.8 Å². The van der Waals surface area contributed by atoms with Crippen molar-refractivity contribution in [2.45, 2.75) is 17.7 Å². The Hall–Kier alpha value is -3.19. The molecule has 33 heavy (non-hydrogen) atoms. The van der Waals surface area contributed by atoms with Crippen LogP contribution in [0.4, 0.5) is 10.5 Å². The van der Waals surface area contributed by atoms with Crippen LogP contribution in [0.15, 0.2) is 72.8 Å². The molecule has 2 saturated heterocycles. The maximum Gasteiger partial charge on any atom is 0.321 e. The standard InChI is InChI=1S/C26H27N3O3S/c30-24(19-32-21-9-2-1-3-10-21)29-17-18-33-26(29)13-15-28(16-14-26)25(31)27-23-12-6-8-20-7-4-5-11-22(20)23/h1-12H,13-19H2,(H,27,31). The molecular weight excluding hydrogens is 434 g/mol. The van der Waals surface area contributed by atoms with Gasteiger partial charge < -0.3 is 19.9 Å². The van der Waals surface area contributed by atoms with E-state index < -0.39 is 0 Å². The Kier molecular flexibility index (Phi) is 6.13. The van der Waals surface area contributed by atoms with Gasteiger partial charge in [-0.05, 0) is 36.4 Å². The average Bonchev–Trinajstić information content (AvgIpc) is 3.26. The summed E-state index contributed by atoms with van der Waals surface area (Å²) < 4.78 is 5.70. The van der Waals surface area contributed by atoms with Crippen LogP contribution in [0.5, 0.6) is 5.75 Å². The molecule has 0 aliphatic carbocycles. The van der Waals surface area contributed by atoms with Crippen molar-refractivity contribution in [3.8, 4) is 5.75 Å². The number of piperidine rings is 1. The fourth-order valence-corrected chi connectivity index (χ4v) is 6.18. The van der Waals surface area contributed by atoms with Gasteiger partial charge in [0.2, 0.25) is 0 Å². The van der Waals surface area contributed by atoms with E-state index in [0.717, 1.165) is 41.6 Å². The van der Waals surface area contributed by atoms with E-state index in [-0.39, 0.29) is 23.4 Å². The zero-order valence-electron chi connectivity index (χ0n) is 18.4. The minimum absolute atomic E-state index is 0.0116. The highest BCUT2D eigenvalue weighted by molar-refractivity contribution is 8.00. The number of nitrogens with one attached hydrogen (secondary N) is 1. The van der Waals surface area contributed by atoms with Crippen LogP contribution in [0, 0.1) is 0 Å². The van der Waals surface area contributed by atoms with Crippen molar-refractivity contribution >= 4 is 40.2 Å². The number of thioether (sulfide) groups is 1. The van der Waals surface area contributed by atoms with E-state index in [9.17, 15) is 9.59 Å². The number of hydrogen-bond acceptors (Lipinski definition) is 4. The number of ether oxygens (including phenoxy) is 1. The lowest BCUT2D eigenvalue weighted by atomic mass is 10.0. The van der Waals surface area contributed by atoms with Gasteiger partial charge in [0, 0.05) is 30.8 Å². The first kappa shape index (κ1) is 21.6. The summed E-state index contributed by atoms with van der Waals surface area (Å²) in [5, 5.41) is 5.22. The molecule has 3 amide bonds. The van der Waals surface area contributed by atoms with Gasteiger partial charge in [-0.3, -0.25) is 4.79 Å². The summed E-state index contributed by atoms with van der Waals surface area (Å²) in [6, 6.07) is 23.3. The van der Waals surface area contributed by atoms with E-state index in [1.54, 1.807) is 0 Å². The number of carbonyl (C=O) groups is 2. The molecule has 2 aliphatic heterocycles. The molecule has 2 fully saturated rings. The van der Waals surface area contributed by atoms with Crippen LogP contribution in [0.2, 0.25) is 0 Å². The minimum Gasteiger partial charge on any atom is -0.484 e. The number of nitrogens with zero attached hydrogens (tertiary/aromatic N) is 2. The number of urea groups is 1. The molecule has 0 aromatic heterocycles. The number of likely N-dealkylation sites (tertiary alicyclic amines) is 1. The van der Waals surface area contributed by atoms with Crippen LogP contribution in [-0.2, 0) is 4.79 Å². The maximum atomic E-state index is 13.0. The SMILES string of the molecule is O=C(Nc1cccc2ccccc12)N1CCC2(CC1)SCCN2C(=O)COc1ccccc1. The van der Waals surface area contributed by atoms with Gasteiger partial charge >= 0.3 is 6.03 Å². The summed E-state index contributed by atoms with van der Waals surface area (Å²) in [6.07, 6.45) is 1.52. The van der Waals surface area contributed by atoms with E-state index in [1.807, 2.05) is 94.4 Å². The highest BCUT2D eigenvalue weighted by Gasteiger charge is 2.46. The second kappa shape index (κ2) is 9.35. The Morgan fingerprint density at radius 3 is 2.45 bits per heavy atom. The molecule has 6 nitrogen and oxygen atoms in total. The Labute approximate surface area is 197 Å². The first-order valence-corrected chi connectivity index (χ1v) is 12.3. The number of carbonyl (C=O) groups excluding carboxylic acids is 2. The first-order chi connectivity index (χ1) is 16.1. The van der Waals surface area contributed by atoms with Crippen LogP contribution in [-0.4, -0.2) is 58.6 Å². The number of hydrogen-bond donors (Lipinski definition) is 1. The predicted octanol–water partition coefficient (Wildman–Crippen LogP) is 4.82. The largest absolute Gasteiger partial charge is 0.484 e. The van der Waals surface area contributed by atoms with Crippen LogP contribution in [0.25, 0.3) is 10.8 Å². The predicted molar refractivity (Wildman–Crippen MR) is 133 cm³/mol. The molecule has 5 rings (SSSR count). The van der Waals surface area contributed by atoms with Gasteiger partial charge in [-0.1, -0.05) is 54.6 Å². The summed E-state index contributed by atoms with van der Waals surface area (Å²) in [6.45, 7) is 2.00. The van der Waals surface area contributed by atoms with Crippen LogP contribution < -0.4 is 10.1 Å². The van der Waals surface area contributed by atoms with Crippen molar-refractivity contribution in [1.29, 1.82) is 0 Å². The molecule has 1 spiro atoms. The molecule has 0 unspecified atom stereocenters. The molecule has 2 aliphatic rings. The summed E-state index contributed by atoms with van der Waals surface area (Å²) >= 11 is 1.83. The molecule has 3 aromatic rings. The third-order valence-electron chi connectivity index (χ3n) is 6.45. The Morgan fingerprint density at radius 2 is 1.64 bits per heavy atom. The van der Waals surface area contributed by atoms with Gasteiger partial charge in [0.15, 0.2) is 6.61 Å². The van der Waals surface area contributed by atoms with Crippen molar-refractivity contribution < 1.29 is 14.3 Å². The second-order valence-corrected chi connectivity index (χ2v) is 9.84. The van der Waals surface area contributed by atoms with Crippen LogP contribution in [0.3, 0.4) is 0 Å². The van der Waals surface area contributed by atoms with Crippen molar-refractivity contribution in [3.05, 3.63) is 72.8 Å². The lowest BCUT2D eigenvalue weighted by Gasteiger charge is -2.44. The fraction of sp³-hybridized carbons (Fsp3) is 0.308. The molecule has 1 N–H and O–H groups in total. The normalized spacial score (nSPS) is 17.3. The molecule has 0 atom stereocenters. The summed E-state index contributed by atoms with van der Waals surface area (Å²) in [5.41, 5.74) is 0.823. The molecule has 0 saturated carbocycles. The maximum absolute atomic E-state index is 13.0. The quantitative estimate of drug-likeness (QED) is 0.605. The lowest BCUT2D eigenvalue weighted by Crippen LogP contribution is -2.55. The summed E-state index contributed by atoms with van der Waals surface area (Å²) in [4.78, 5) is 29.6. The van der Waals surface area contributed by atoms with E-state index in [1.165, 1.54) is 0 Å². The first-order valence-electron chi connectivity index (χ1n) is 11.3. The summed E-state index contributed by atoms with van der Waals surface area (Å²) in [7, 11) is 0. The van der Waals surface area contributed by atoms with Crippen molar-refractivity contribution in [2.75, 3.05) is 37.3 Å². The van der Waals surface area contributed by atoms with Crippen LogP contribution in [0.1, 0.15) is 12.8 Å². The van der Waals surface area contributed by atoms with Crippen molar-refractivity contribution in [3.63, 3.8) is 0 Å². The van der Waals surface area contributed by atoms with E-state index in [4.69, 9.17) is 4.74 Å². The molecule has 170 valence electrons. The molecule has 0 radical (unpaired) electrons.